The lowest BCUT2D eigenvalue weighted by Gasteiger charge is -2.12. The minimum absolute atomic E-state index is 0.179. The van der Waals surface area contributed by atoms with Gasteiger partial charge in [0.2, 0.25) is 5.91 Å². The molecule has 0 saturated carbocycles. The van der Waals surface area contributed by atoms with E-state index < -0.39 is 30.4 Å². The van der Waals surface area contributed by atoms with Gasteiger partial charge in [0.05, 0.1) is 5.56 Å². The van der Waals surface area contributed by atoms with Crippen molar-refractivity contribution in [3.63, 3.8) is 0 Å². The van der Waals surface area contributed by atoms with E-state index in [1.165, 1.54) is 24.3 Å². The molecule has 0 unspecified atom stereocenters. The Bertz CT molecular complexity index is 596. The molecule has 1 fully saturated rings. The Balaban J connectivity index is 1.91. The van der Waals surface area contributed by atoms with E-state index in [-0.39, 0.29) is 17.7 Å². The van der Waals surface area contributed by atoms with Crippen LogP contribution in [0.1, 0.15) is 20.7 Å². The zero-order chi connectivity index (χ0) is 15.4. The number of ether oxygens (including phenoxy) is 1. The van der Waals surface area contributed by atoms with Gasteiger partial charge in [0, 0.05) is 18.7 Å². The predicted molar refractivity (Wildman–Crippen MR) is 70.4 cm³/mol. The molecule has 110 valence electrons. The minimum Gasteiger partial charge on any atom is -0.452 e. The average molecular weight is 291 g/mol. The van der Waals surface area contributed by atoms with E-state index in [1.54, 1.807) is 0 Å². The van der Waals surface area contributed by atoms with Crippen molar-refractivity contribution in [1.82, 2.24) is 10.2 Å². The molecule has 0 aliphatic carbocycles. The number of hydrogen-bond donors (Lipinski definition) is 2. The van der Waals surface area contributed by atoms with Gasteiger partial charge < -0.3 is 15.8 Å². The number of primary amides is 1. The smallest absolute Gasteiger partial charge is 0.338 e. The lowest BCUT2D eigenvalue weighted by Crippen LogP contribution is -2.37. The molecule has 0 bridgehead atoms. The standard InChI is InChI=1S/C13H13N3O5/c14-11(18)8-1-3-9(4-2-8)12(19)21-7-10(17)16-6-5-15-13(16)20/h1-4H,5-7H2,(H2,14,18)(H,15,20). The number of imide groups is 1. The molecule has 0 aromatic heterocycles. The van der Waals surface area contributed by atoms with Gasteiger partial charge in [-0.05, 0) is 24.3 Å². The Kier molecular flexibility index (Phi) is 4.17. The van der Waals surface area contributed by atoms with Crippen molar-refractivity contribution in [3.8, 4) is 0 Å². The van der Waals surface area contributed by atoms with Crippen LogP contribution in [0, 0.1) is 0 Å². The number of amides is 4. The summed E-state index contributed by atoms with van der Waals surface area (Å²) in [6, 6.07) is 5.01. The molecule has 4 amide bonds. The van der Waals surface area contributed by atoms with Crippen LogP contribution >= 0.6 is 0 Å². The van der Waals surface area contributed by atoms with Crippen molar-refractivity contribution in [3.05, 3.63) is 35.4 Å². The minimum atomic E-state index is -0.723. The van der Waals surface area contributed by atoms with Gasteiger partial charge in [-0.3, -0.25) is 14.5 Å². The van der Waals surface area contributed by atoms with E-state index in [1.807, 2.05) is 0 Å². The van der Waals surface area contributed by atoms with Crippen LogP contribution in [0.15, 0.2) is 24.3 Å². The Morgan fingerprint density at radius 3 is 2.33 bits per heavy atom. The molecule has 0 atom stereocenters. The van der Waals surface area contributed by atoms with Gasteiger partial charge in [0.1, 0.15) is 0 Å². The highest BCUT2D eigenvalue weighted by molar-refractivity contribution is 5.98. The Morgan fingerprint density at radius 2 is 1.81 bits per heavy atom. The van der Waals surface area contributed by atoms with Crippen molar-refractivity contribution in [2.45, 2.75) is 0 Å². The highest BCUT2D eigenvalue weighted by Crippen LogP contribution is 2.06. The first-order valence-electron chi connectivity index (χ1n) is 6.14. The zero-order valence-electron chi connectivity index (χ0n) is 11.0. The first kappa shape index (κ1) is 14.5. The molecule has 1 aliphatic heterocycles. The molecule has 1 heterocycles. The predicted octanol–water partition coefficient (Wildman–Crippen LogP) is -0.506. The number of carbonyl (C=O) groups is 4. The van der Waals surface area contributed by atoms with Gasteiger partial charge in [0.15, 0.2) is 6.61 Å². The highest BCUT2D eigenvalue weighted by Gasteiger charge is 2.26. The third-order valence-electron chi connectivity index (χ3n) is 2.89. The second-order valence-corrected chi connectivity index (χ2v) is 4.30. The average Bonchev–Trinajstić information content (AvgIpc) is 2.90. The zero-order valence-corrected chi connectivity index (χ0v) is 11.0. The summed E-state index contributed by atoms with van der Waals surface area (Å²) in [7, 11) is 0. The van der Waals surface area contributed by atoms with Crippen molar-refractivity contribution in [2.75, 3.05) is 19.7 Å². The van der Waals surface area contributed by atoms with Crippen molar-refractivity contribution in [1.29, 1.82) is 0 Å². The summed E-state index contributed by atoms with van der Waals surface area (Å²) in [5, 5.41) is 2.47. The Hall–Kier alpha value is -2.90. The van der Waals surface area contributed by atoms with Crippen LogP contribution in [0.5, 0.6) is 0 Å². The number of esters is 1. The summed E-state index contributed by atoms with van der Waals surface area (Å²) in [4.78, 5) is 46.5. The number of carbonyl (C=O) groups excluding carboxylic acids is 4. The molecule has 21 heavy (non-hydrogen) atoms. The molecule has 8 nitrogen and oxygen atoms in total. The molecule has 8 heteroatoms. The molecule has 3 N–H and O–H groups in total. The summed E-state index contributed by atoms with van der Waals surface area (Å²) < 4.78 is 4.82. The van der Waals surface area contributed by atoms with Crippen LogP contribution in [0.2, 0.25) is 0 Å². The molecule has 0 radical (unpaired) electrons. The number of nitrogens with one attached hydrogen (secondary N) is 1. The van der Waals surface area contributed by atoms with E-state index in [9.17, 15) is 19.2 Å². The van der Waals surface area contributed by atoms with Crippen LogP contribution in [0.4, 0.5) is 4.79 Å². The summed E-state index contributed by atoms with van der Waals surface area (Å²) >= 11 is 0. The van der Waals surface area contributed by atoms with Gasteiger partial charge >= 0.3 is 12.0 Å². The van der Waals surface area contributed by atoms with Crippen LogP contribution in [-0.4, -0.2) is 48.4 Å². The van der Waals surface area contributed by atoms with E-state index >= 15 is 0 Å². The first-order chi connectivity index (χ1) is 9.99. The van der Waals surface area contributed by atoms with Gasteiger partial charge in [-0.15, -0.1) is 0 Å². The van der Waals surface area contributed by atoms with E-state index in [2.05, 4.69) is 5.32 Å². The first-order valence-corrected chi connectivity index (χ1v) is 6.14. The molecule has 1 aromatic rings. The monoisotopic (exact) mass is 291 g/mol. The second kappa shape index (κ2) is 6.04. The number of benzene rings is 1. The van der Waals surface area contributed by atoms with E-state index in [4.69, 9.17) is 10.5 Å². The molecule has 2 rings (SSSR count). The van der Waals surface area contributed by atoms with Crippen LogP contribution in [-0.2, 0) is 9.53 Å². The highest BCUT2D eigenvalue weighted by atomic mass is 16.5. The number of nitrogens with zero attached hydrogens (tertiary/aromatic N) is 1. The quantitative estimate of drug-likeness (QED) is 0.724. The summed E-state index contributed by atoms with van der Waals surface area (Å²) in [6.07, 6.45) is 0. The van der Waals surface area contributed by atoms with Crippen molar-refractivity contribution in [2.24, 2.45) is 5.73 Å². The number of urea groups is 1. The van der Waals surface area contributed by atoms with Gasteiger partial charge in [0.25, 0.3) is 5.91 Å². The van der Waals surface area contributed by atoms with Crippen LogP contribution in [0.25, 0.3) is 0 Å². The van der Waals surface area contributed by atoms with E-state index in [0.717, 1.165) is 4.90 Å². The van der Waals surface area contributed by atoms with E-state index in [0.29, 0.717) is 6.54 Å². The second-order valence-electron chi connectivity index (χ2n) is 4.30. The largest absolute Gasteiger partial charge is 0.452 e. The maximum atomic E-state index is 11.7. The third-order valence-corrected chi connectivity index (χ3v) is 2.89. The Labute approximate surface area is 119 Å². The van der Waals surface area contributed by atoms with Crippen LogP contribution in [0.3, 0.4) is 0 Å². The van der Waals surface area contributed by atoms with Gasteiger partial charge in [-0.25, -0.2) is 9.59 Å². The van der Waals surface area contributed by atoms with Crippen molar-refractivity contribution >= 4 is 23.8 Å². The van der Waals surface area contributed by atoms with Crippen LogP contribution < -0.4 is 11.1 Å². The molecule has 1 aromatic carbocycles. The summed E-state index contributed by atoms with van der Waals surface area (Å²) in [5.74, 6) is -1.92. The number of hydrogen-bond acceptors (Lipinski definition) is 5. The lowest BCUT2D eigenvalue weighted by molar-refractivity contribution is -0.130. The third kappa shape index (κ3) is 3.35. The lowest BCUT2D eigenvalue weighted by atomic mass is 10.1. The fourth-order valence-corrected chi connectivity index (χ4v) is 1.77. The summed E-state index contributed by atoms with van der Waals surface area (Å²) in [5.41, 5.74) is 5.52. The Morgan fingerprint density at radius 1 is 1.19 bits per heavy atom. The molecular formula is C13H13N3O5. The number of nitrogens with two attached hydrogens (primary N) is 1. The molecule has 0 spiro atoms. The summed E-state index contributed by atoms with van der Waals surface area (Å²) in [6.45, 7) is 0.111. The number of rotatable bonds is 4. The molecular weight excluding hydrogens is 278 g/mol. The molecule has 1 aliphatic rings. The SMILES string of the molecule is NC(=O)c1ccc(C(=O)OCC(=O)N2CCNC2=O)cc1. The molecule has 1 saturated heterocycles. The topological polar surface area (TPSA) is 119 Å². The fourth-order valence-electron chi connectivity index (χ4n) is 1.77. The van der Waals surface area contributed by atoms with Gasteiger partial charge in [-0.1, -0.05) is 0 Å². The van der Waals surface area contributed by atoms with Gasteiger partial charge in [-0.2, -0.15) is 0 Å². The maximum absolute atomic E-state index is 11.7. The van der Waals surface area contributed by atoms with Crippen molar-refractivity contribution < 1.29 is 23.9 Å². The normalized spacial score (nSPS) is 13.7. The fraction of sp³-hybridized carbons (Fsp3) is 0.231. The maximum Gasteiger partial charge on any atom is 0.338 e.